The van der Waals surface area contributed by atoms with Crippen molar-refractivity contribution in [2.24, 2.45) is 0 Å². The average Bonchev–Trinajstić information content (AvgIpc) is 2.47. The minimum Gasteiger partial charge on any atom is -0.506 e. The van der Waals surface area contributed by atoms with Crippen LogP contribution in [0.1, 0.15) is 23.7 Å². The van der Waals surface area contributed by atoms with E-state index in [1.54, 1.807) is 6.92 Å². The predicted octanol–water partition coefficient (Wildman–Crippen LogP) is -1.35. The lowest BCUT2D eigenvalue weighted by atomic mass is 10.1. The van der Waals surface area contributed by atoms with Crippen molar-refractivity contribution in [3.8, 4) is 5.75 Å². The van der Waals surface area contributed by atoms with Crippen molar-refractivity contribution >= 4 is 11.9 Å². The third-order valence-corrected chi connectivity index (χ3v) is 2.62. The molecule has 0 saturated carbocycles. The van der Waals surface area contributed by atoms with E-state index in [0.29, 0.717) is 16.8 Å². The molecule has 22 heavy (non-hydrogen) atoms. The van der Waals surface area contributed by atoms with Crippen LogP contribution in [0.3, 0.4) is 0 Å². The Labute approximate surface area is 126 Å². The van der Waals surface area contributed by atoms with Gasteiger partial charge in [-0.3, -0.25) is 9.78 Å². The van der Waals surface area contributed by atoms with Gasteiger partial charge in [0.05, 0.1) is 25.5 Å². The van der Waals surface area contributed by atoms with Crippen LogP contribution in [0.15, 0.2) is 6.20 Å². The predicted molar refractivity (Wildman–Crippen MR) is 74.8 cm³/mol. The van der Waals surface area contributed by atoms with E-state index < -0.39 is 24.5 Å². The molecule has 0 aliphatic carbocycles. The summed E-state index contributed by atoms with van der Waals surface area (Å²) in [5.74, 6) is -1.75. The Morgan fingerprint density at radius 3 is 2.18 bits per heavy atom. The number of carbonyl (C=O) groups is 2. The summed E-state index contributed by atoms with van der Waals surface area (Å²) >= 11 is 0. The van der Waals surface area contributed by atoms with Gasteiger partial charge in [0.15, 0.2) is 0 Å². The second-order valence-corrected chi connectivity index (χ2v) is 4.29. The molecule has 1 aromatic rings. The molecule has 0 aliphatic rings. The molecular formula is C13H20N2O7. The van der Waals surface area contributed by atoms with Gasteiger partial charge in [-0.05, 0) is 6.92 Å². The molecule has 1 rings (SSSR count). The summed E-state index contributed by atoms with van der Waals surface area (Å²) in [5, 5.41) is 45.7. The molecule has 0 aliphatic heterocycles. The Hall–Kier alpha value is -2.23. The lowest BCUT2D eigenvalue weighted by molar-refractivity contribution is -0.142. The van der Waals surface area contributed by atoms with E-state index >= 15 is 0 Å². The van der Waals surface area contributed by atoms with Gasteiger partial charge in [0.1, 0.15) is 11.8 Å². The number of hydrogen-bond acceptors (Lipinski definition) is 7. The lowest BCUT2D eigenvalue weighted by Gasteiger charge is -2.08. The molecule has 0 radical (unpaired) electrons. The number of nitrogens with one attached hydrogen (secondary N) is 1. The summed E-state index contributed by atoms with van der Waals surface area (Å²) in [7, 11) is 0. The van der Waals surface area contributed by atoms with Crippen LogP contribution in [0.25, 0.3) is 0 Å². The Bertz CT molecular complexity index is 519. The summed E-state index contributed by atoms with van der Waals surface area (Å²) in [6, 6.07) is -1.18. The van der Waals surface area contributed by atoms with Gasteiger partial charge in [-0.2, -0.15) is 0 Å². The van der Waals surface area contributed by atoms with E-state index in [9.17, 15) is 14.7 Å². The zero-order valence-electron chi connectivity index (χ0n) is 12.3. The van der Waals surface area contributed by atoms with E-state index in [-0.39, 0.29) is 19.0 Å². The molecular weight excluding hydrogens is 296 g/mol. The first-order valence-electron chi connectivity index (χ1n) is 6.27. The number of carbonyl (C=O) groups excluding carboxylic acids is 1. The zero-order valence-corrected chi connectivity index (χ0v) is 12.3. The monoisotopic (exact) mass is 316 g/mol. The van der Waals surface area contributed by atoms with Gasteiger partial charge in [0, 0.05) is 24.2 Å². The minimum absolute atomic E-state index is 0.0379. The first-order valence-corrected chi connectivity index (χ1v) is 6.27. The van der Waals surface area contributed by atoms with E-state index in [2.05, 4.69) is 4.98 Å². The van der Waals surface area contributed by atoms with Crippen LogP contribution in [-0.4, -0.2) is 55.0 Å². The van der Waals surface area contributed by atoms with Gasteiger partial charge in [0.2, 0.25) is 5.91 Å². The maximum Gasteiger partial charge on any atom is 0.328 e. The van der Waals surface area contributed by atoms with Crippen LogP contribution in [0.4, 0.5) is 0 Å². The Kier molecular flexibility index (Phi) is 8.68. The molecule has 0 bridgehead atoms. The zero-order chi connectivity index (χ0) is 17.3. The molecule has 0 spiro atoms. The molecule has 1 aromatic heterocycles. The van der Waals surface area contributed by atoms with Crippen LogP contribution >= 0.6 is 0 Å². The highest BCUT2D eigenvalue weighted by atomic mass is 16.4. The molecule has 1 heterocycles. The average molecular weight is 316 g/mol. The molecule has 9 heteroatoms. The highest BCUT2D eigenvalue weighted by molar-refractivity contribution is 5.82. The van der Waals surface area contributed by atoms with Crippen molar-refractivity contribution < 1.29 is 35.1 Å². The number of pyridine rings is 1. The summed E-state index contributed by atoms with van der Waals surface area (Å²) in [5.41, 5.74) is 1.27. The molecule has 6 N–H and O–H groups in total. The highest BCUT2D eigenvalue weighted by Crippen LogP contribution is 2.23. The molecule has 124 valence electrons. The van der Waals surface area contributed by atoms with Gasteiger partial charge in [-0.15, -0.1) is 0 Å². The van der Waals surface area contributed by atoms with E-state index in [0.717, 1.165) is 0 Å². The van der Waals surface area contributed by atoms with Gasteiger partial charge in [-0.1, -0.05) is 0 Å². The standard InChI is InChI=1S/C8H11NO3.C5H9NO4/c1-5-8(12)7(4-11)6(3-10)2-9-5;1-3(8)6-4(2-7)5(9)10/h2,10-12H,3-4H2,1H3;4,7H,2H2,1H3,(H,6,8)(H,9,10). The second-order valence-electron chi connectivity index (χ2n) is 4.29. The van der Waals surface area contributed by atoms with Crippen LogP contribution in [0.2, 0.25) is 0 Å². The molecule has 9 nitrogen and oxygen atoms in total. The molecule has 0 aromatic carbocycles. The first-order chi connectivity index (χ1) is 10.3. The maximum absolute atomic E-state index is 10.2. The van der Waals surface area contributed by atoms with Crippen LogP contribution in [0, 0.1) is 6.92 Å². The van der Waals surface area contributed by atoms with Gasteiger partial charge in [-0.25, -0.2) is 4.79 Å². The minimum atomic E-state index is -1.24. The number of aromatic hydroxyl groups is 1. The number of aryl methyl sites for hydroxylation is 1. The van der Waals surface area contributed by atoms with Gasteiger partial charge >= 0.3 is 5.97 Å². The number of amides is 1. The molecule has 1 amide bonds. The van der Waals surface area contributed by atoms with Crippen molar-refractivity contribution in [3.05, 3.63) is 23.0 Å². The van der Waals surface area contributed by atoms with E-state index in [4.69, 9.17) is 20.4 Å². The number of aliphatic carboxylic acids is 1. The molecule has 0 fully saturated rings. The number of aromatic nitrogens is 1. The largest absolute Gasteiger partial charge is 0.506 e. The quantitative estimate of drug-likeness (QED) is 0.388. The van der Waals surface area contributed by atoms with Crippen molar-refractivity contribution in [1.29, 1.82) is 0 Å². The van der Waals surface area contributed by atoms with E-state index in [1.807, 2.05) is 5.32 Å². The SMILES string of the molecule is CC(=O)NC(CO)C(=O)O.Cc1ncc(CO)c(CO)c1O. The summed E-state index contributed by atoms with van der Waals surface area (Å²) in [4.78, 5) is 24.2. The normalized spacial score (nSPS) is 11.1. The van der Waals surface area contributed by atoms with Gasteiger partial charge < -0.3 is 30.8 Å². The van der Waals surface area contributed by atoms with E-state index in [1.165, 1.54) is 13.1 Å². The fourth-order valence-corrected chi connectivity index (χ4v) is 1.43. The highest BCUT2D eigenvalue weighted by Gasteiger charge is 2.15. The Morgan fingerprint density at radius 1 is 1.27 bits per heavy atom. The van der Waals surface area contributed by atoms with Gasteiger partial charge in [0.25, 0.3) is 0 Å². The van der Waals surface area contributed by atoms with Crippen molar-refractivity contribution in [1.82, 2.24) is 10.3 Å². The summed E-state index contributed by atoms with van der Waals surface area (Å²) in [6.45, 7) is 1.72. The molecule has 1 atom stereocenters. The van der Waals surface area contributed by atoms with Crippen LogP contribution < -0.4 is 5.32 Å². The Morgan fingerprint density at radius 2 is 1.86 bits per heavy atom. The number of aliphatic hydroxyl groups is 3. The summed E-state index contributed by atoms with van der Waals surface area (Å²) < 4.78 is 0. The number of hydrogen-bond donors (Lipinski definition) is 6. The summed E-state index contributed by atoms with van der Waals surface area (Å²) in [6.07, 6.45) is 1.45. The van der Waals surface area contributed by atoms with Crippen molar-refractivity contribution in [2.75, 3.05) is 6.61 Å². The number of carboxylic acids is 1. The molecule has 1 unspecified atom stereocenters. The lowest BCUT2D eigenvalue weighted by Crippen LogP contribution is -2.42. The third-order valence-electron chi connectivity index (χ3n) is 2.62. The van der Waals surface area contributed by atoms with Crippen LogP contribution in [0.5, 0.6) is 5.75 Å². The number of rotatable bonds is 5. The topological polar surface area (TPSA) is 160 Å². The number of aliphatic hydroxyl groups excluding tert-OH is 3. The Balaban J connectivity index is 0.000000409. The fourth-order valence-electron chi connectivity index (χ4n) is 1.43. The van der Waals surface area contributed by atoms with Crippen molar-refractivity contribution in [3.63, 3.8) is 0 Å². The number of carboxylic acid groups (broad SMARTS) is 1. The maximum atomic E-state index is 10.2. The second kappa shape index (κ2) is 9.66. The first kappa shape index (κ1) is 19.8. The molecule has 0 saturated heterocycles. The third kappa shape index (κ3) is 6.04. The van der Waals surface area contributed by atoms with Crippen LogP contribution in [-0.2, 0) is 22.8 Å². The number of nitrogens with zero attached hydrogens (tertiary/aromatic N) is 1. The van der Waals surface area contributed by atoms with Crippen molar-refractivity contribution in [2.45, 2.75) is 33.1 Å². The fraction of sp³-hybridized carbons (Fsp3) is 0.462. The smallest absolute Gasteiger partial charge is 0.328 e.